The molecule has 1 rings (SSSR count). The lowest BCUT2D eigenvalue weighted by atomic mass is 9.94. The van der Waals surface area contributed by atoms with Gasteiger partial charge in [0.15, 0.2) is 0 Å². The first-order chi connectivity index (χ1) is 9.79. The number of rotatable bonds is 8. The number of aromatic nitrogens is 1. The van der Waals surface area contributed by atoms with Crippen LogP contribution in [0, 0.1) is 28.9 Å². The number of nitrogens with zero attached hydrogens (tertiary/aromatic N) is 2. The minimum Gasteiger partial charge on any atom is -0.481 e. The molecular formula is C14H21N3O4. The number of carboxylic acids is 1. The Balaban J connectivity index is 2.69. The summed E-state index contributed by atoms with van der Waals surface area (Å²) >= 11 is 0. The van der Waals surface area contributed by atoms with Crippen LogP contribution in [-0.4, -0.2) is 27.5 Å². The smallest absolute Gasteiger partial charge is 0.303 e. The molecule has 1 aromatic heterocycles. The third-order valence-corrected chi connectivity index (χ3v) is 3.09. The summed E-state index contributed by atoms with van der Waals surface area (Å²) in [4.78, 5) is 25.2. The summed E-state index contributed by atoms with van der Waals surface area (Å²) in [7, 11) is 0. The van der Waals surface area contributed by atoms with E-state index in [4.69, 9.17) is 5.11 Å². The Kier molecular flexibility index (Phi) is 6.08. The third kappa shape index (κ3) is 5.76. The molecular weight excluding hydrogens is 274 g/mol. The number of hydrogen-bond donors (Lipinski definition) is 2. The van der Waals surface area contributed by atoms with Crippen LogP contribution < -0.4 is 5.32 Å². The molecule has 1 atom stereocenters. The Hall–Kier alpha value is -2.18. The molecule has 21 heavy (non-hydrogen) atoms. The Morgan fingerprint density at radius 1 is 1.48 bits per heavy atom. The zero-order chi connectivity index (χ0) is 16.0. The van der Waals surface area contributed by atoms with Crippen molar-refractivity contribution in [2.75, 3.05) is 11.9 Å². The number of anilines is 1. The number of hydrogen-bond acceptors (Lipinski definition) is 5. The lowest BCUT2D eigenvalue weighted by Gasteiger charge is -2.18. The molecule has 0 spiro atoms. The van der Waals surface area contributed by atoms with Gasteiger partial charge >= 0.3 is 5.97 Å². The summed E-state index contributed by atoms with van der Waals surface area (Å²) in [5, 5.41) is 22.7. The second-order valence-electron chi connectivity index (χ2n) is 5.53. The highest BCUT2D eigenvalue weighted by Crippen LogP contribution is 2.20. The van der Waals surface area contributed by atoms with E-state index in [-0.39, 0.29) is 18.0 Å². The molecule has 0 fully saturated rings. The molecule has 2 N–H and O–H groups in total. The third-order valence-electron chi connectivity index (χ3n) is 3.09. The number of aliphatic carboxylic acids is 1. The van der Waals surface area contributed by atoms with Crippen LogP contribution in [-0.2, 0) is 4.79 Å². The average Bonchev–Trinajstić information content (AvgIpc) is 2.34. The summed E-state index contributed by atoms with van der Waals surface area (Å²) < 4.78 is 0. The van der Waals surface area contributed by atoms with Crippen LogP contribution in [0.3, 0.4) is 0 Å². The first kappa shape index (κ1) is 16.9. The zero-order valence-corrected chi connectivity index (χ0v) is 12.5. The van der Waals surface area contributed by atoms with Gasteiger partial charge in [-0.15, -0.1) is 0 Å². The minimum absolute atomic E-state index is 0.000187. The average molecular weight is 295 g/mol. The predicted molar refractivity (Wildman–Crippen MR) is 79.3 cm³/mol. The standard InChI is InChI=1S/C14H21N3O4/c1-9(2)6-11(7-14(18)19)8-15-13-5-4-12(17(20)21)10(3)16-13/h4-5,9,11H,6-8H2,1-3H3,(H,15,16)(H,18,19). The fourth-order valence-corrected chi connectivity index (χ4v) is 2.25. The maximum atomic E-state index is 10.9. The maximum Gasteiger partial charge on any atom is 0.303 e. The molecule has 0 saturated heterocycles. The van der Waals surface area contributed by atoms with E-state index < -0.39 is 10.9 Å². The van der Waals surface area contributed by atoms with Crippen molar-refractivity contribution in [3.8, 4) is 0 Å². The van der Waals surface area contributed by atoms with Crippen LogP contribution in [0.15, 0.2) is 12.1 Å². The van der Waals surface area contributed by atoms with E-state index in [9.17, 15) is 14.9 Å². The van der Waals surface area contributed by atoms with Gasteiger partial charge in [0, 0.05) is 19.0 Å². The van der Waals surface area contributed by atoms with E-state index in [1.807, 2.05) is 13.8 Å². The van der Waals surface area contributed by atoms with Crippen LogP contribution >= 0.6 is 0 Å². The molecule has 0 aliphatic carbocycles. The Morgan fingerprint density at radius 2 is 2.14 bits per heavy atom. The second kappa shape index (κ2) is 7.56. The van der Waals surface area contributed by atoms with Gasteiger partial charge in [0.2, 0.25) is 0 Å². The van der Waals surface area contributed by atoms with Crippen LogP contribution in [0.1, 0.15) is 32.4 Å². The van der Waals surface area contributed by atoms with Gasteiger partial charge in [-0.25, -0.2) is 4.98 Å². The number of carboxylic acid groups (broad SMARTS) is 1. The van der Waals surface area contributed by atoms with Gasteiger partial charge in [-0.2, -0.15) is 0 Å². The summed E-state index contributed by atoms with van der Waals surface area (Å²) in [5.41, 5.74) is 0.313. The normalized spacial score (nSPS) is 12.2. The molecule has 7 heteroatoms. The molecule has 0 aliphatic rings. The molecule has 116 valence electrons. The first-order valence-corrected chi connectivity index (χ1v) is 6.87. The number of nitro groups is 1. The van der Waals surface area contributed by atoms with E-state index in [0.717, 1.165) is 6.42 Å². The van der Waals surface area contributed by atoms with Gasteiger partial charge in [-0.05, 0) is 31.2 Å². The molecule has 0 amide bonds. The zero-order valence-electron chi connectivity index (χ0n) is 12.5. The van der Waals surface area contributed by atoms with Gasteiger partial charge in [0.1, 0.15) is 11.5 Å². The van der Waals surface area contributed by atoms with Crippen molar-refractivity contribution in [2.24, 2.45) is 11.8 Å². The first-order valence-electron chi connectivity index (χ1n) is 6.87. The summed E-state index contributed by atoms with van der Waals surface area (Å²) in [6.07, 6.45) is 0.891. The van der Waals surface area contributed by atoms with Crippen molar-refractivity contribution >= 4 is 17.5 Å². The predicted octanol–water partition coefficient (Wildman–Crippen LogP) is 2.85. The lowest BCUT2D eigenvalue weighted by Crippen LogP contribution is -2.20. The molecule has 0 aliphatic heterocycles. The monoisotopic (exact) mass is 295 g/mol. The molecule has 1 heterocycles. The van der Waals surface area contributed by atoms with E-state index >= 15 is 0 Å². The highest BCUT2D eigenvalue weighted by molar-refractivity contribution is 5.67. The highest BCUT2D eigenvalue weighted by Gasteiger charge is 2.16. The lowest BCUT2D eigenvalue weighted by molar-refractivity contribution is -0.385. The van der Waals surface area contributed by atoms with E-state index in [1.165, 1.54) is 6.07 Å². The SMILES string of the molecule is Cc1nc(NCC(CC(=O)O)CC(C)C)ccc1[N+](=O)[O-]. The highest BCUT2D eigenvalue weighted by atomic mass is 16.6. The molecule has 1 aromatic rings. The van der Waals surface area contributed by atoms with Gasteiger partial charge in [0.05, 0.1) is 4.92 Å². The maximum absolute atomic E-state index is 10.9. The molecule has 0 aromatic carbocycles. The van der Waals surface area contributed by atoms with Gasteiger partial charge in [0.25, 0.3) is 5.69 Å². The van der Waals surface area contributed by atoms with Crippen molar-refractivity contribution in [3.05, 3.63) is 27.9 Å². The topological polar surface area (TPSA) is 105 Å². The van der Waals surface area contributed by atoms with Gasteiger partial charge in [-0.1, -0.05) is 13.8 Å². The summed E-state index contributed by atoms with van der Waals surface area (Å²) in [5.74, 6) is 0.107. The van der Waals surface area contributed by atoms with Crippen molar-refractivity contribution < 1.29 is 14.8 Å². The van der Waals surface area contributed by atoms with E-state index in [0.29, 0.717) is 24.0 Å². The Labute approximate surface area is 123 Å². The minimum atomic E-state index is -0.824. The van der Waals surface area contributed by atoms with E-state index in [2.05, 4.69) is 10.3 Å². The largest absolute Gasteiger partial charge is 0.481 e. The van der Waals surface area contributed by atoms with Crippen LogP contribution in [0.5, 0.6) is 0 Å². The molecule has 0 bridgehead atoms. The van der Waals surface area contributed by atoms with Crippen LogP contribution in [0.4, 0.5) is 11.5 Å². The second-order valence-corrected chi connectivity index (χ2v) is 5.53. The van der Waals surface area contributed by atoms with E-state index in [1.54, 1.807) is 13.0 Å². The summed E-state index contributed by atoms with van der Waals surface area (Å²) in [6, 6.07) is 2.94. The molecule has 7 nitrogen and oxygen atoms in total. The van der Waals surface area contributed by atoms with Crippen LogP contribution in [0.25, 0.3) is 0 Å². The van der Waals surface area contributed by atoms with Gasteiger partial charge < -0.3 is 10.4 Å². The number of carbonyl (C=O) groups is 1. The van der Waals surface area contributed by atoms with Crippen molar-refractivity contribution in [1.82, 2.24) is 4.98 Å². The van der Waals surface area contributed by atoms with Crippen molar-refractivity contribution in [2.45, 2.75) is 33.6 Å². The summed E-state index contributed by atoms with van der Waals surface area (Å²) in [6.45, 7) is 6.15. The fraction of sp³-hybridized carbons (Fsp3) is 0.571. The molecule has 0 radical (unpaired) electrons. The molecule has 1 unspecified atom stereocenters. The Bertz CT molecular complexity index is 517. The Morgan fingerprint density at radius 3 is 2.62 bits per heavy atom. The van der Waals surface area contributed by atoms with Crippen molar-refractivity contribution in [1.29, 1.82) is 0 Å². The number of pyridine rings is 1. The number of aryl methyl sites for hydroxylation is 1. The quantitative estimate of drug-likeness (QED) is 0.564. The van der Waals surface area contributed by atoms with Gasteiger partial charge in [-0.3, -0.25) is 14.9 Å². The van der Waals surface area contributed by atoms with Crippen molar-refractivity contribution in [3.63, 3.8) is 0 Å². The number of nitrogens with one attached hydrogen (secondary N) is 1. The van der Waals surface area contributed by atoms with Crippen LogP contribution in [0.2, 0.25) is 0 Å². The fourth-order valence-electron chi connectivity index (χ4n) is 2.25. The molecule has 0 saturated carbocycles.